The molecule has 0 aromatic rings. The first kappa shape index (κ1) is 11.3. The lowest BCUT2D eigenvalue weighted by Crippen LogP contribution is -2.38. The molecule has 0 unspecified atom stereocenters. The van der Waals surface area contributed by atoms with Gasteiger partial charge >= 0.3 is 0 Å². The number of rotatable bonds is 2. The van der Waals surface area contributed by atoms with Gasteiger partial charge in [-0.25, -0.2) is 0 Å². The molecule has 1 rings (SSSR count). The fraction of sp³-hybridized carbons (Fsp3) is 0.909. The summed E-state index contributed by atoms with van der Waals surface area (Å²) in [5, 5.41) is 0. The molecule has 1 aliphatic heterocycles. The Bertz CT molecular complexity index is 215. The van der Waals surface area contributed by atoms with E-state index < -0.39 is 0 Å². The Balaban J connectivity index is 2.39. The third kappa shape index (κ3) is 3.20. The molecule has 0 aliphatic carbocycles. The van der Waals surface area contributed by atoms with Crippen molar-refractivity contribution in [3.05, 3.63) is 0 Å². The van der Waals surface area contributed by atoms with Crippen molar-refractivity contribution >= 4 is 5.96 Å². The normalized spacial score (nSPS) is 17.2. The van der Waals surface area contributed by atoms with Crippen molar-refractivity contribution in [1.82, 2.24) is 9.80 Å². The van der Waals surface area contributed by atoms with Crippen LogP contribution in [0.1, 0.15) is 27.2 Å². The summed E-state index contributed by atoms with van der Waals surface area (Å²) < 4.78 is 0. The van der Waals surface area contributed by atoms with Crippen LogP contribution in [0.4, 0.5) is 0 Å². The van der Waals surface area contributed by atoms with E-state index >= 15 is 0 Å². The van der Waals surface area contributed by atoms with Crippen LogP contribution in [0.3, 0.4) is 0 Å². The topological polar surface area (TPSA) is 18.8 Å². The Labute approximate surface area is 87.8 Å². The smallest absolute Gasteiger partial charge is 0.196 e. The van der Waals surface area contributed by atoms with E-state index in [0.717, 1.165) is 25.6 Å². The Hall–Kier alpha value is -0.730. The van der Waals surface area contributed by atoms with E-state index in [1.54, 1.807) is 0 Å². The zero-order valence-electron chi connectivity index (χ0n) is 10.2. The largest absolute Gasteiger partial charge is 0.346 e. The van der Waals surface area contributed by atoms with Gasteiger partial charge in [0.1, 0.15) is 0 Å². The van der Waals surface area contributed by atoms with Crippen molar-refractivity contribution in [2.45, 2.75) is 27.2 Å². The molecule has 0 amide bonds. The third-order valence-corrected chi connectivity index (χ3v) is 2.57. The molecule has 3 heteroatoms. The zero-order valence-corrected chi connectivity index (χ0v) is 10.2. The zero-order chi connectivity index (χ0) is 10.8. The van der Waals surface area contributed by atoms with Gasteiger partial charge in [0.2, 0.25) is 0 Å². The molecule has 0 aromatic heterocycles. The van der Waals surface area contributed by atoms with Crippen molar-refractivity contribution < 1.29 is 0 Å². The van der Waals surface area contributed by atoms with Crippen molar-refractivity contribution in [1.29, 1.82) is 0 Å². The first-order valence-corrected chi connectivity index (χ1v) is 5.37. The van der Waals surface area contributed by atoms with E-state index in [0.29, 0.717) is 5.41 Å². The van der Waals surface area contributed by atoms with Crippen molar-refractivity contribution in [3.8, 4) is 0 Å². The van der Waals surface area contributed by atoms with Crippen LogP contribution in [-0.2, 0) is 0 Å². The van der Waals surface area contributed by atoms with Crippen LogP contribution in [-0.4, -0.2) is 49.5 Å². The Morgan fingerprint density at radius 2 is 2.07 bits per heavy atom. The average molecular weight is 197 g/mol. The summed E-state index contributed by atoms with van der Waals surface area (Å²) in [6.07, 6.45) is 1.20. The number of aliphatic imine (C=N–C) groups is 1. The van der Waals surface area contributed by atoms with Crippen LogP contribution >= 0.6 is 0 Å². The predicted octanol–water partition coefficient (Wildman–Crippen LogP) is 1.66. The van der Waals surface area contributed by atoms with Crippen molar-refractivity contribution in [3.63, 3.8) is 0 Å². The molecule has 14 heavy (non-hydrogen) atoms. The molecular formula is C11H23N3. The molecule has 0 saturated heterocycles. The van der Waals surface area contributed by atoms with Gasteiger partial charge in [0.15, 0.2) is 5.96 Å². The molecule has 0 N–H and O–H groups in total. The predicted molar refractivity (Wildman–Crippen MR) is 61.6 cm³/mol. The highest BCUT2D eigenvalue weighted by atomic mass is 15.4. The van der Waals surface area contributed by atoms with E-state index in [1.807, 2.05) is 0 Å². The summed E-state index contributed by atoms with van der Waals surface area (Å²) >= 11 is 0. The van der Waals surface area contributed by atoms with Gasteiger partial charge in [0.25, 0.3) is 0 Å². The Morgan fingerprint density at radius 1 is 1.43 bits per heavy atom. The second-order valence-corrected chi connectivity index (χ2v) is 5.34. The highest BCUT2D eigenvalue weighted by molar-refractivity contribution is 5.81. The van der Waals surface area contributed by atoms with E-state index in [1.165, 1.54) is 6.42 Å². The van der Waals surface area contributed by atoms with Gasteiger partial charge in [-0.05, 0) is 11.8 Å². The first-order chi connectivity index (χ1) is 6.40. The Kier molecular flexibility index (Phi) is 3.40. The van der Waals surface area contributed by atoms with Gasteiger partial charge in [-0.2, -0.15) is 0 Å². The summed E-state index contributed by atoms with van der Waals surface area (Å²) in [4.78, 5) is 8.97. The van der Waals surface area contributed by atoms with Gasteiger partial charge < -0.3 is 9.80 Å². The van der Waals surface area contributed by atoms with Gasteiger partial charge in [-0.3, -0.25) is 4.99 Å². The molecule has 82 valence electrons. The number of hydrogen-bond donors (Lipinski definition) is 0. The fourth-order valence-corrected chi connectivity index (χ4v) is 1.54. The summed E-state index contributed by atoms with van der Waals surface area (Å²) in [5.41, 5.74) is 0.409. The molecule has 0 bridgehead atoms. The standard InChI is InChI=1S/C11H23N3/c1-11(2,3)6-8-13(4)10-12-7-9-14(10)5/h6-9H2,1-5H3. The van der Waals surface area contributed by atoms with Crippen LogP contribution in [0.5, 0.6) is 0 Å². The average Bonchev–Trinajstić information content (AvgIpc) is 2.46. The molecule has 0 fully saturated rings. The fourth-order valence-electron chi connectivity index (χ4n) is 1.54. The minimum Gasteiger partial charge on any atom is -0.346 e. The Morgan fingerprint density at radius 3 is 2.50 bits per heavy atom. The molecule has 0 atom stereocenters. The summed E-state index contributed by atoms with van der Waals surface area (Å²) in [7, 11) is 4.24. The van der Waals surface area contributed by atoms with E-state index in [9.17, 15) is 0 Å². The SMILES string of the molecule is CN1CCN=C1N(C)CCC(C)(C)C. The van der Waals surface area contributed by atoms with Crippen LogP contribution < -0.4 is 0 Å². The summed E-state index contributed by atoms with van der Waals surface area (Å²) in [6, 6.07) is 0. The summed E-state index contributed by atoms with van der Waals surface area (Å²) in [6.45, 7) is 9.94. The lowest BCUT2D eigenvalue weighted by molar-refractivity contribution is 0.314. The van der Waals surface area contributed by atoms with Gasteiger partial charge in [-0.1, -0.05) is 20.8 Å². The summed E-state index contributed by atoms with van der Waals surface area (Å²) in [5.74, 6) is 1.15. The van der Waals surface area contributed by atoms with Gasteiger partial charge in [-0.15, -0.1) is 0 Å². The van der Waals surface area contributed by atoms with E-state index in [4.69, 9.17) is 0 Å². The van der Waals surface area contributed by atoms with Gasteiger partial charge in [0, 0.05) is 27.2 Å². The quantitative estimate of drug-likeness (QED) is 0.670. The van der Waals surface area contributed by atoms with Crippen molar-refractivity contribution in [2.75, 3.05) is 33.7 Å². The highest BCUT2D eigenvalue weighted by Gasteiger charge is 2.18. The minimum absolute atomic E-state index is 0.409. The number of guanidine groups is 1. The molecule has 0 aromatic carbocycles. The highest BCUT2D eigenvalue weighted by Crippen LogP contribution is 2.18. The van der Waals surface area contributed by atoms with Crippen molar-refractivity contribution in [2.24, 2.45) is 10.4 Å². The first-order valence-electron chi connectivity index (χ1n) is 5.37. The number of hydrogen-bond acceptors (Lipinski definition) is 3. The minimum atomic E-state index is 0.409. The molecule has 0 radical (unpaired) electrons. The van der Waals surface area contributed by atoms with Crippen LogP contribution in [0.2, 0.25) is 0 Å². The van der Waals surface area contributed by atoms with Crippen LogP contribution in [0.15, 0.2) is 4.99 Å². The van der Waals surface area contributed by atoms with Gasteiger partial charge in [0.05, 0.1) is 6.54 Å². The molecule has 1 aliphatic rings. The number of nitrogens with zero attached hydrogens (tertiary/aromatic N) is 3. The molecule has 3 nitrogen and oxygen atoms in total. The van der Waals surface area contributed by atoms with Crippen LogP contribution in [0, 0.1) is 5.41 Å². The maximum Gasteiger partial charge on any atom is 0.196 e. The molecule has 1 heterocycles. The monoisotopic (exact) mass is 197 g/mol. The number of likely N-dealkylation sites (N-methyl/N-ethyl adjacent to an activating group) is 1. The lowest BCUT2D eigenvalue weighted by Gasteiger charge is -2.28. The van der Waals surface area contributed by atoms with Crippen LogP contribution in [0.25, 0.3) is 0 Å². The molecular weight excluding hydrogens is 174 g/mol. The molecule has 0 spiro atoms. The third-order valence-electron chi connectivity index (χ3n) is 2.57. The van der Waals surface area contributed by atoms with E-state index in [-0.39, 0.29) is 0 Å². The second-order valence-electron chi connectivity index (χ2n) is 5.34. The second kappa shape index (κ2) is 4.20. The van der Waals surface area contributed by atoms with E-state index in [2.05, 4.69) is 49.7 Å². The maximum absolute atomic E-state index is 4.49. The molecule has 0 saturated carbocycles. The lowest BCUT2D eigenvalue weighted by atomic mass is 9.92. The maximum atomic E-state index is 4.49.